The summed E-state index contributed by atoms with van der Waals surface area (Å²) < 4.78 is 4.65. The molecule has 0 aromatic rings. The molecule has 0 radical (unpaired) electrons. The Kier molecular flexibility index (Phi) is 13.2. The molecule has 2 rings (SSSR count). The Morgan fingerprint density at radius 3 is 1.80 bits per heavy atom. The summed E-state index contributed by atoms with van der Waals surface area (Å²) in [5, 5.41) is 17.1. The maximum atomic E-state index is 10.5. The quantitative estimate of drug-likeness (QED) is 0.820. The van der Waals surface area contributed by atoms with Gasteiger partial charge in [-0.25, -0.2) is 0 Å². The topological polar surface area (TPSA) is 66.8 Å². The highest BCUT2D eigenvalue weighted by molar-refractivity contribution is 5.78. The van der Waals surface area contributed by atoms with Gasteiger partial charge in [0, 0.05) is 20.0 Å². The van der Waals surface area contributed by atoms with E-state index in [1.807, 2.05) is 0 Å². The first-order valence-corrected chi connectivity index (χ1v) is 7.93. The van der Waals surface area contributed by atoms with Crippen LogP contribution in [0, 0.1) is 0 Å². The second kappa shape index (κ2) is 13.5. The summed E-state index contributed by atoms with van der Waals surface area (Å²) >= 11 is 0. The van der Waals surface area contributed by atoms with E-state index >= 15 is 0 Å². The van der Waals surface area contributed by atoms with E-state index in [0.717, 1.165) is 38.5 Å². The lowest BCUT2D eigenvalue weighted by molar-refractivity contribution is -0.120. The second-order valence-electron chi connectivity index (χ2n) is 5.62. The van der Waals surface area contributed by atoms with Crippen LogP contribution in [0.1, 0.15) is 71.1 Å². The molecule has 2 aliphatic rings. The molecular weight excluding hydrogens is 256 g/mol. The monoisotopic (exact) mass is 288 g/mol. The lowest BCUT2D eigenvalue weighted by Gasteiger charge is -2.14. The molecule has 20 heavy (non-hydrogen) atoms. The third kappa shape index (κ3) is 12.6. The summed E-state index contributed by atoms with van der Waals surface area (Å²) in [6, 6.07) is 0. The van der Waals surface area contributed by atoms with Crippen molar-refractivity contribution in [3.63, 3.8) is 0 Å². The first kappa shape index (κ1) is 19.6. The average molecular weight is 288 g/mol. The van der Waals surface area contributed by atoms with Crippen LogP contribution >= 0.6 is 0 Å². The number of ether oxygens (including phenoxy) is 1. The number of rotatable bonds is 2. The van der Waals surface area contributed by atoms with E-state index in [9.17, 15) is 4.79 Å². The fraction of sp³-hybridized carbons (Fsp3) is 0.938. The smallest absolute Gasteiger partial charge is 0.132 e. The van der Waals surface area contributed by atoms with Gasteiger partial charge in [0.1, 0.15) is 5.78 Å². The number of ketones is 1. The highest BCUT2D eigenvalue weighted by atomic mass is 16.5. The van der Waals surface area contributed by atoms with Gasteiger partial charge in [-0.05, 0) is 32.6 Å². The Balaban J connectivity index is 0.000000272. The Bertz CT molecular complexity index is 213. The molecule has 0 aromatic heterocycles. The standard InChI is InChI=1S/C6H12O.C6H10O.C4H10O2/c2*7-6-4-2-1-3-5-6;1-4(3-5)6-2/h6-7H,1-5H2;1-5H2;4-5H,3H2,1-2H3. The molecular formula is C16H32O4. The van der Waals surface area contributed by atoms with Gasteiger partial charge in [-0.3, -0.25) is 4.79 Å². The second-order valence-corrected chi connectivity index (χ2v) is 5.62. The van der Waals surface area contributed by atoms with Crippen LogP contribution in [-0.4, -0.2) is 41.9 Å². The zero-order chi connectivity index (χ0) is 15.2. The van der Waals surface area contributed by atoms with Gasteiger partial charge >= 0.3 is 0 Å². The normalized spacial score (nSPS) is 21.1. The summed E-state index contributed by atoms with van der Waals surface area (Å²) in [7, 11) is 1.57. The predicted molar refractivity (Wildman–Crippen MR) is 80.7 cm³/mol. The van der Waals surface area contributed by atoms with Crippen LogP contribution in [0.25, 0.3) is 0 Å². The first-order chi connectivity index (χ1) is 9.60. The van der Waals surface area contributed by atoms with Crippen molar-refractivity contribution in [3.05, 3.63) is 0 Å². The fourth-order valence-corrected chi connectivity index (χ4v) is 2.10. The first-order valence-electron chi connectivity index (χ1n) is 7.93. The largest absolute Gasteiger partial charge is 0.394 e. The SMILES string of the molecule is COC(C)CO.O=C1CCCCC1.OC1CCCCC1. The van der Waals surface area contributed by atoms with Crippen molar-refractivity contribution in [1.82, 2.24) is 0 Å². The number of aliphatic hydroxyl groups is 2. The van der Waals surface area contributed by atoms with Gasteiger partial charge in [0.25, 0.3) is 0 Å². The summed E-state index contributed by atoms with van der Waals surface area (Å²) in [5.74, 6) is 0.464. The van der Waals surface area contributed by atoms with E-state index < -0.39 is 0 Å². The molecule has 0 bridgehead atoms. The molecule has 1 unspecified atom stereocenters. The fourth-order valence-electron chi connectivity index (χ4n) is 2.10. The number of hydrogen-bond donors (Lipinski definition) is 2. The van der Waals surface area contributed by atoms with Gasteiger partial charge in [-0.2, -0.15) is 0 Å². The van der Waals surface area contributed by atoms with E-state index in [-0.39, 0.29) is 18.8 Å². The number of carbonyl (C=O) groups is 1. The average Bonchev–Trinajstić information content (AvgIpc) is 2.49. The number of Topliss-reactive ketones (excluding diaryl/α,β-unsaturated/α-hetero) is 1. The van der Waals surface area contributed by atoms with Crippen LogP contribution in [0.15, 0.2) is 0 Å². The Hall–Kier alpha value is -0.450. The third-order valence-corrected chi connectivity index (χ3v) is 3.65. The molecule has 0 aromatic carbocycles. The lowest BCUT2D eigenvalue weighted by Crippen LogP contribution is -2.09. The minimum atomic E-state index is -0.00926. The maximum Gasteiger partial charge on any atom is 0.132 e. The highest BCUT2D eigenvalue weighted by Crippen LogP contribution is 2.16. The van der Waals surface area contributed by atoms with Gasteiger partial charge in [0.05, 0.1) is 18.8 Å². The molecule has 120 valence electrons. The van der Waals surface area contributed by atoms with Crippen molar-refractivity contribution in [2.75, 3.05) is 13.7 Å². The van der Waals surface area contributed by atoms with Crippen LogP contribution in [0.3, 0.4) is 0 Å². The lowest BCUT2D eigenvalue weighted by atomic mass is 9.98. The maximum absolute atomic E-state index is 10.5. The minimum absolute atomic E-state index is 0.00926. The van der Waals surface area contributed by atoms with E-state index in [2.05, 4.69) is 4.74 Å². The zero-order valence-electron chi connectivity index (χ0n) is 13.1. The molecule has 2 aliphatic carbocycles. The number of hydrogen-bond acceptors (Lipinski definition) is 4. The predicted octanol–water partition coefficient (Wildman–Crippen LogP) is 2.84. The Morgan fingerprint density at radius 1 is 1.10 bits per heavy atom. The van der Waals surface area contributed by atoms with Crippen molar-refractivity contribution < 1.29 is 19.7 Å². The van der Waals surface area contributed by atoms with Gasteiger partial charge in [-0.1, -0.05) is 25.7 Å². The van der Waals surface area contributed by atoms with E-state index in [1.54, 1.807) is 14.0 Å². The van der Waals surface area contributed by atoms with Crippen LogP contribution < -0.4 is 0 Å². The number of aliphatic hydroxyl groups excluding tert-OH is 2. The number of carbonyl (C=O) groups excluding carboxylic acids is 1. The number of methoxy groups -OCH3 is 1. The third-order valence-electron chi connectivity index (χ3n) is 3.65. The summed E-state index contributed by atoms with van der Waals surface area (Å²) in [5.41, 5.74) is 0. The molecule has 0 aliphatic heterocycles. The van der Waals surface area contributed by atoms with Gasteiger partial charge in [0.15, 0.2) is 0 Å². The molecule has 1 atom stereocenters. The van der Waals surface area contributed by atoms with Crippen molar-refractivity contribution in [2.24, 2.45) is 0 Å². The van der Waals surface area contributed by atoms with Crippen molar-refractivity contribution in [2.45, 2.75) is 83.3 Å². The highest BCUT2D eigenvalue weighted by Gasteiger charge is 2.07. The van der Waals surface area contributed by atoms with Gasteiger partial charge in [-0.15, -0.1) is 0 Å². The van der Waals surface area contributed by atoms with Gasteiger partial charge < -0.3 is 14.9 Å². The van der Waals surface area contributed by atoms with E-state index in [4.69, 9.17) is 10.2 Å². The van der Waals surface area contributed by atoms with Crippen LogP contribution in [0.4, 0.5) is 0 Å². The summed E-state index contributed by atoms with van der Waals surface area (Å²) in [6.07, 6.45) is 11.2. The molecule has 2 fully saturated rings. The zero-order valence-corrected chi connectivity index (χ0v) is 13.1. The van der Waals surface area contributed by atoms with Crippen molar-refractivity contribution in [3.8, 4) is 0 Å². The Morgan fingerprint density at radius 2 is 1.60 bits per heavy atom. The van der Waals surface area contributed by atoms with E-state index in [1.165, 1.54) is 25.7 Å². The molecule has 4 heteroatoms. The van der Waals surface area contributed by atoms with E-state index in [0.29, 0.717) is 5.78 Å². The Labute approximate surface area is 123 Å². The van der Waals surface area contributed by atoms with Crippen LogP contribution in [0.5, 0.6) is 0 Å². The van der Waals surface area contributed by atoms with Crippen LogP contribution in [0.2, 0.25) is 0 Å². The summed E-state index contributed by atoms with van der Waals surface area (Å²) in [4.78, 5) is 10.5. The molecule has 2 saturated carbocycles. The molecule has 0 heterocycles. The molecule has 4 nitrogen and oxygen atoms in total. The molecule has 0 spiro atoms. The molecule has 0 amide bonds. The van der Waals surface area contributed by atoms with Crippen molar-refractivity contribution >= 4 is 5.78 Å². The van der Waals surface area contributed by atoms with Crippen LogP contribution in [-0.2, 0) is 9.53 Å². The summed E-state index contributed by atoms with van der Waals surface area (Å²) in [6.45, 7) is 1.91. The molecule has 2 N–H and O–H groups in total. The van der Waals surface area contributed by atoms with Crippen molar-refractivity contribution in [1.29, 1.82) is 0 Å². The van der Waals surface area contributed by atoms with Gasteiger partial charge in [0.2, 0.25) is 0 Å². The molecule has 0 saturated heterocycles. The minimum Gasteiger partial charge on any atom is -0.394 e.